The fourth-order valence-corrected chi connectivity index (χ4v) is 3.61. The Morgan fingerprint density at radius 1 is 0.852 bits per heavy atom. The van der Waals surface area contributed by atoms with Gasteiger partial charge in [0.2, 0.25) is 0 Å². The zero-order valence-corrected chi connectivity index (χ0v) is 15.5. The molecule has 0 radical (unpaired) electrons. The van der Waals surface area contributed by atoms with Crippen molar-refractivity contribution in [3.63, 3.8) is 0 Å². The topological polar surface area (TPSA) is 164 Å². The minimum Gasteiger partial charge on any atom is -0.507 e. The van der Waals surface area contributed by atoms with Crippen LogP contribution in [-0.2, 0) is 20.2 Å². The Hall–Kier alpha value is -2.67. The summed E-state index contributed by atoms with van der Waals surface area (Å²) in [6, 6.07) is 4.53. The molecular formula is C15H14O10S2. The number of rotatable bonds is 6. The van der Waals surface area contributed by atoms with Gasteiger partial charge in [0.1, 0.15) is 27.0 Å². The van der Waals surface area contributed by atoms with E-state index in [0.717, 1.165) is 38.5 Å². The molecule has 12 heteroatoms. The maximum Gasteiger partial charge on any atom is 0.298 e. The molecule has 0 spiro atoms. The zero-order valence-electron chi connectivity index (χ0n) is 13.9. The highest BCUT2D eigenvalue weighted by Crippen LogP contribution is 2.33. The Labute approximate surface area is 154 Å². The molecule has 0 saturated heterocycles. The summed E-state index contributed by atoms with van der Waals surface area (Å²) in [5.41, 5.74) is -0.847. The first-order valence-corrected chi connectivity index (χ1v) is 9.87. The second kappa shape index (κ2) is 7.15. The van der Waals surface area contributed by atoms with E-state index in [1.54, 1.807) is 0 Å². The molecule has 0 aliphatic heterocycles. The third-order valence-electron chi connectivity index (χ3n) is 3.51. The second-order valence-corrected chi connectivity index (χ2v) is 7.95. The van der Waals surface area contributed by atoms with E-state index in [0.29, 0.717) is 6.07 Å². The number of phenols is 1. The van der Waals surface area contributed by atoms with E-state index < -0.39 is 52.9 Å². The van der Waals surface area contributed by atoms with Crippen LogP contribution in [-0.4, -0.2) is 51.1 Å². The number of carbonyl (C=O) groups is 1. The summed E-state index contributed by atoms with van der Waals surface area (Å²) in [5, 5.41) is 10.0. The van der Waals surface area contributed by atoms with Gasteiger partial charge in [0, 0.05) is 11.6 Å². The highest BCUT2D eigenvalue weighted by Gasteiger charge is 2.25. The van der Waals surface area contributed by atoms with Crippen LogP contribution >= 0.6 is 0 Å². The van der Waals surface area contributed by atoms with Gasteiger partial charge in [-0.2, -0.15) is 16.8 Å². The summed E-state index contributed by atoms with van der Waals surface area (Å²) in [4.78, 5) is 11.2. The van der Waals surface area contributed by atoms with Crippen LogP contribution in [0.25, 0.3) is 0 Å². The van der Waals surface area contributed by atoms with Gasteiger partial charge in [0.15, 0.2) is 5.78 Å². The van der Waals surface area contributed by atoms with Crippen molar-refractivity contribution in [2.45, 2.75) is 9.79 Å². The van der Waals surface area contributed by atoms with Crippen molar-refractivity contribution in [1.29, 1.82) is 0 Å². The van der Waals surface area contributed by atoms with Gasteiger partial charge < -0.3 is 14.6 Å². The number of ether oxygens (including phenoxy) is 2. The lowest BCUT2D eigenvalue weighted by molar-refractivity contribution is 0.103. The van der Waals surface area contributed by atoms with E-state index in [-0.39, 0.29) is 11.3 Å². The normalized spacial score (nSPS) is 11.9. The molecule has 0 aromatic heterocycles. The maximum absolute atomic E-state index is 12.6. The number of benzene rings is 2. The summed E-state index contributed by atoms with van der Waals surface area (Å²) in [6.45, 7) is 0. The van der Waals surface area contributed by atoms with Gasteiger partial charge >= 0.3 is 0 Å². The fourth-order valence-electron chi connectivity index (χ4n) is 2.27. The molecule has 0 fully saturated rings. The van der Waals surface area contributed by atoms with E-state index in [1.807, 2.05) is 0 Å². The maximum atomic E-state index is 12.6. The van der Waals surface area contributed by atoms with Crippen LogP contribution in [0.4, 0.5) is 0 Å². The van der Waals surface area contributed by atoms with E-state index in [9.17, 15) is 35.8 Å². The first-order valence-electron chi connectivity index (χ1n) is 6.99. The number of hydrogen-bond donors (Lipinski definition) is 3. The fraction of sp³-hybridized carbons (Fsp3) is 0.133. The van der Waals surface area contributed by atoms with Crippen LogP contribution in [0.1, 0.15) is 15.9 Å². The van der Waals surface area contributed by atoms with Gasteiger partial charge in [-0.15, -0.1) is 0 Å². The van der Waals surface area contributed by atoms with Crippen LogP contribution in [0.3, 0.4) is 0 Å². The molecule has 3 N–H and O–H groups in total. The van der Waals surface area contributed by atoms with Crippen molar-refractivity contribution in [3.8, 4) is 17.2 Å². The zero-order chi connectivity index (χ0) is 20.6. The molecule has 2 rings (SSSR count). The molecule has 10 nitrogen and oxygen atoms in total. The standard InChI is InChI=1S/C15H14O10S2/c1-24-11-4-3-8(5-13(11)26(18,19)20)15(17)9-6-14(27(21,22)23)12(25-2)7-10(9)16/h3-7,16H,1-2H3,(H,18,19,20)(H,21,22,23). The Balaban J connectivity index is 2.69. The lowest BCUT2D eigenvalue weighted by Crippen LogP contribution is -2.09. The SMILES string of the molecule is COc1ccc(C(=O)c2cc(S(=O)(=O)O)c(OC)cc2O)cc1S(=O)(=O)O. The first kappa shape index (κ1) is 20.6. The average molecular weight is 418 g/mol. The van der Waals surface area contributed by atoms with Crippen LogP contribution in [0.5, 0.6) is 17.2 Å². The second-order valence-electron chi connectivity index (χ2n) is 5.17. The van der Waals surface area contributed by atoms with E-state index in [2.05, 4.69) is 0 Å². The Kier molecular flexibility index (Phi) is 5.47. The third kappa shape index (κ3) is 4.19. The van der Waals surface area contributed by atoms with Gasteiger partial charge in [-0.1, -0.05) is 0 Å². The molecule has 0 amide bonds. The molecule has 0 unspecified atom stereocenters. The van der Waals surface area contributed by atoms with Crippen molar-refractivity contribution < 1.29 is 45.3 Å². The van der Waals surface area contributed by atoms with Crippen molar-refractivity contribution in [2.75, 3.05) is 14.2 Å². The number of aromatic hydroxyl groups is 1. The largest absolute Gasteiger partial charge is 0.507 e. The van der Waals surface area contributed by atoms with Crippen LogP contribution in [0.15, 0.2) is 40.1 Å². The molecule has 2 aromatic rings. The average Bonchev–Trinajstić information content (AvgIpc) is 2.58. The molecular weight excluding hydrogens is 404 g/mol. The van der Waals surface area contributed by atoms with Gasteiger partial charge in [0.25, 0.3) is 20.2 Å². The van der Waals surface area contributed by atoms with Crippen molar-refractivity contribution in [3.05, 3.63) is 41.5 Å². The van der Waals surface area contributed by atoms with E-state index >= 15 is 0 Å². The molecule has 0 atom stereocenters. The number of ketones is 1. The quantitative estimate of drug-likeness (QED) is 0.457. The first-order chi connectivity index (χ1) is 12.4. The summed E-state index contributed by atoms with van der Waals surface area (Å²) >= 11 is 0. The molecule has 0 heterocycles. The summed E-state index contributed by atoms with van der Waals surface area (Å²) in [5.74, 6) is -2.28. The lowest BCUT2D eigenvalue weighted by Gasteiger charge is -2.12. The van der Waals surface area contributed by atoms with E-state index in [1.165, 1.54) is 0 Å². The monoisotopic (exact) mass is 418 g/mol. The Morgan fingerprint density at radius 2 is 1.37 bits per heavy atom. The minimum atomic E-state index is -4.79. The van der Waals surface area contributed by atoms with Crippen LogP contribution < -0.4 is 9.47 Å². The Morgan fingerprint density at radius 3 is 1.85 bits per heavy atom. The van der Waals surface area contributed by atoms with Gasteiger partial charge in [-0.3, -0.25) is 13.9 Å². The van der Waals surface area contributed by atoms with E-state index in [4.69, 9.17) is 9.47 Å². The van der Waals surface area contributed by atoms with Gasteiger partial charge in [0.05, 0.1) is 19.8 Å². The summed E-state index contributed by atoms with van der Waals surface area (Å²) in [6.07, 6.45) is 0. The molecule has 0 aliphatic rings. The molecule has 0 saturated carbocycles. The smallest absolute Gasteiger partial charge is 0.298 e. The molecule has 0 bridgehead atoms. The van der Waals surface area contributed by atoms with Crippen LogP contribution in [0, 0.1) is 0 Å². The number of phenolic OH excluding ortho intramolecular Hbond substituents is 1. The molecule has 146 valence electrons. The predicted octanol–water partition coefficient (Wildman–Crippen LogP) is 1.13. The highest BCUT2D eigenvalue weighted by atomic mass is 32.2. The van der Waals surface area contributed by atoms with Crippen molar-refractivity contribution in [2.24, 2.45) is 0 Å². The molecule has 2 aromatic carbocycles. The minimum absolute atomic E-state index is 0.230. The Bertz CT molecular complexity index is 1120. The van der Waals surface area contributed by atoms with Gasteiger partial charge in [-0.05, 0) is 24.3 Å². The lowest BCUT2D eigenvalue weighted by atomic mass is 10.0. The van der Waals surface area contributed by atoms with Gasteiger partial charge in [-0.25, -0.2) is 0 Å². The summed E-state index contributed by atoms with van der Waals surface area (Å²) in [7, 11) is -7.28. The molecule has 0 aliphatic carbocycles. The van der Waals surface area contributed by atoms with Crippen LogP contribution in [0.2, 0.25) is 0 Å². The van der Waals surface area contributed by atoms with Crippen molar-refractivity contribution in [1.82, 2.24) is 0 Å². The van der Waals surface area contributed by atoms with Crippen molar-refractivity contribution >= 4 is 26.0 Å². The predicted molar refractivity (Wildman–Crippen MR) is 90.7 cm³/mol. The number of hydrogen-bond acceptors (Lipinski definition) is 8. The highest BCUT2D eigenvalue weighted by molar-refractivity contribution is 7.86. The molecule has 27 heavy (non-hydrogen) atoms. The third-order valence-corrected chi connectivity index (χ3v) is 5.26. The number of methoxy groups -OCH3 is 2. The summed E-state index contributed by atoms with van der Waals surface area (Å²) < 4.78 is 73.9. The number of carbonyl (C=O) groups excluding carboxylic acids is 1.